The molecule has 0 bridgehead atoms. The predicted molar refractivity (Wildman–Crippen MR) is 125 cm³/mol. The molecule has 1 aromatic carbocycles. The number of aromatic nitrogens is 3. The van der Waals surface area contributed by atoms with Crippen LogP contribution in [0, 0.1) is 6.92 Å². The van der Waals surface area contributed by atoms with E-state index in [0.29, 0.717) is 42.2 Å². The van der Waals surface area contributed by atoms with Crippen molar-refractivity contribution in [3.05, 3.63) is 47.7 Å². The number of hydrogen-bond donors (Lipinski definition) is 0. The van der Waals surface area contributed by atoms with Crippen LogP contribution in [0.3, 0.4) is 0 Å². The van der Waals surface area contributed by atoms with Crippen LogP contribution in [-0.4, -0.2) is 52.8 Å². The summed E-state index contributed by atoms with van der Waals surface area (Å²) in [5.74, 6) is 2.00. The summed E-state index contributed by atoms with van der Waals surface area (Å²) in [6.45, 7) is 11.5. The largest absolute Gasteiger partial charge is 0.493 e. The molecule has 0 aliphatic carbocycles. The summed E-state index contributed by atoms with van der Waals surface area (Å²) in [5.41, 5.74) is 3.17. The smallest absolute Gasteiger partial charge is 0.244 e. The molecule has 2 heterocycles. The number of fused-ring (bicyclic) bond motifs is 1. The topological polar surface area (TPSA) is 76.8 Å². The van der Waals surface area contributed by atoms with Gasteiger partial charge >= 0.3 is 0 Å². The van der Waals surface area contributed by atoms with Gasteiger partial charge in [-0.1, -0.05) is 45.5 Å². The van der Waals surface area contributed by atoms with Crippen LogP contribution in [0.15, 0.2) is 46.6 Å². The van der Waals surface area contributed by atoms with Crippen molar-refractivity contribution < 1.29 is 13.2 Å². The monoisotopic (exact) mass is 462 g/mol. The maximum atomic E-state index is 12.8. The van der Waals surface area contributed by atoms with Crippen LogP contribution < -0.4 is 4.74 Å². The third-order valence-electron chi connectivity index (χ3n) is 5.13. The van der Waals surface area contributed by atoms with Gasteiger partial charge in [0.25, 0.3) is 0 Å². The molecule has 0 saturated heterocycles. The number of aryl methyl sites for hydroxylation is 1. The van der Waals surface area contributed by atoms with Gasteiger partial charge in [-0.3, -0.25) is 4.40 Å². The van der Waals surface area contributed by atoms with Crippen LogP contribution in [-0.2, 0) is 10.0 Å². The summed E-state index contributed by atoms with van der Waals surface area (Å²) in [7, 11) is -3.54. The van der Waals surface area contributed by atoms with Gasteiger partial charge in [0.1, 0.15) is 5.75 Å². The molecule has 0 N–H and O–H groups in total. The molecule has 31 heavy (non-hydrogen) atoms. The van der Waals surface area contributed by atoms with Gasteiger partial charge in [0.2, 0.25) is 10.0 Å². The second-order valence-corrected chi connectivity index (χ2v) is 10.5. The summed E-state index contributed by atoms with van der Waals surface area (Å²) in [5, 5.41) is 8.99. The lowest BCUT2D eigenvalue weighted by Crippen LogP contribution is -2.30. The molecule has 0 fully saturated rings. The molecule has 3 aromatic rings. The average Bonchev–Trinajstić information content (AvgIpc) is 3.14. The number of thioether (sulfide) groups is 1. The number of ether oxygens (including phenoxy) is 1. The van der Waals surface area contributed by atoms with Crippen molar-refractivity contribution in [1.29, 1.82) is 0 Å². The first-order valence-electron chi connectivity index (χ1n) is 10.5. The molecule has 0 atom stereocenters. The zero-order valence-electron chi connectivity index (χ0n) is 18.7. The van der Waals surface area contributed by atoms with Crippen molar-refractivity contribution in [3.8, 4) is 5.75 Å². The molecular formula is C22H30N4O3S2. The lowest BCUT2D eigenvalue weighted by molar-refractivity contribution is 0.343. The standard InChI is InChI=1S/C22H30N4O3S2/c1-6-25(7-2)31(27,28)19-9-11-21-23-24-22(26(21)15-19)30-13-12-29-18-8-10-20(16(3)4)17(5)14-18/h8-11,14-16H,6-7,12-13H2,1-5H3. The van der Waals surface area contributed by atoms with Gasteiger partial charge in [-0.25, -0.2) is 8.42 Å². The second kappa shape index (κ2) is 10.0. The van der Waals surface area contributed by atoms with Gasteiger partial charge in [-0.05, 0) is 48.2 Å². The highest BCUT2D eigenvalue weighted by atomic mass is 32.2. The Balaban J connectivity index is 1.68. The molecule has 0 radical (unpaired) electrons. The Kier molecular flexibility index (Phi) is 7.61. The summed E-state index contributed by atoms with van der Waals surface area (Å²) in [4.78, 5) is 0.238. The predicted octanol–water partition coefficient (Wildman–Crippen LogP) is 4.36. The molecule has 0 aliphatic heterocycles. The normalized spacial score (nSPS) is 12.2. The van der Waals surface area contributed by atoms with Gasteiger partial charge in [0.15, 0.2) is 10.8 Å². The summed E-state index contributed by atoms with van der Waals surface area (Å²) < 4.78 is 34.7. The Hall–Kier alpha value is -2.10. The van der Waals surface area contributed by atoms with E-state index in [-0.39, 0.29) is 4.90 Å². The van der Waals surface area contributed by atoms with Crippen LogP contribution in [0.2, 0.25) is 0 Å². The highest BCUT2D eigenvalue weighted by Gasteiger charge is 2.22. The fourth-order valence-electron chi connectivity index (χ4n) is 3.49. The number of pyridine rings is 1. The van der Waals surface area contributed by atoms with Gasteiger partial charge in [-0.15, -0.1) is 10.2 Å². The molecule has 9 heteroatoms. The minimum absolute atomic E-state index is 0.238. The van der Waals surface area contributed by atoms with Crippen LogP contribution in [0.25, 0.3) is 5.65 Å². The number of rotatable bonds is 10. The van der Waals surface area contributed by atoms with Crippen LogP contribution in [0.1, 0.15) is 44.7 Å². The van der Waals surface area contributed by atoms with E-state index in [1.165, 1.54) is 27.2 Å². The fourth-order valence-corrected chi connectivity index (χ4v) is 5.68. The quantitative estimate of drug-likeness (QED) is 0.329. The van der Waals surface area contributed by atoms with Crippen LogP contribution in [0.4, 0.5) is 0 Å². The van der Waals surface area contributed by atoms with E-state index >= 15 is 0 Å². The maximum Gasteiger partial charge on any atom is 0.244 e. The van der Waals surface area contributed by atoms with Gasteiger partial charge in [0.05, 0.1) is 11.5 Å². The first kappa shape index (κ1) is 23.6. The fraction of sp³-hybridized carbons (Fsp3) is 0.455. The molecule has 168 valence electrons. The molecule has 0 unspecified atom stereocenters. The maximum absolute atomic E-state index is 12.8. The minimum atomic E-state index is -3.54. The molecule has 0 amide bonds. The van der Waals surface area contributed by atoms with E-state index in [4.69, 9.17) is 4.74 Å². The Morgan fingerprint density at radius 3 is 2.52 bits per heavy atom. The van der Waals surface area contributed by atoms with E-state index in [0.717, 1.165) is 5.75 Å². The minimum Gasteiger partial charge on any atom is -0.493 e. The van der Waals surface area contributed by atoms with Gasteiger partial charge < -0.3 is 4.74 Å². The van der Waals surface area contributed by atoms with Crippen molar-refractivity contribution >= 4 is 27.4 Å². The van der Waals surface area contributed by atoms with E-state index in [2.05, 4.69) is 43.1 Å². The zero-order chi connectivity index (χ0) is 22.6. The van der Waals surface area contributed by atoms with Crippen molar-refractivity contribution in [3.63, 3.8) is 0 Å². The van der Waals surface area contributed by atoms with Gasteiger partial charge in [0, 0.05) is 25.0 Å². The molecule has 0 spiro atoms. The molecule has 7 nitrogen and oxygen atoms in total. The van der Waals surface area contributed by atoms with Crippen molar-refractivity contribution in [2.75, 3.05) is 25.4 Å². The van der Waals surface area contributed by atoms with Gasteiger partial charge in [-0.2, -0.15) is 4.31 Å². The average molecular weight is 463 g/mol. The summed E-state index contributed by atoms with van der Waals surface area (Å²) in [6, 6.07) is 9.45. The lowest BCUT2D eigenvalue weighted by Gasteiger charge is -2.18. The lowest BCUT2D eigenvalue weighted by atomic mass is 9.98. The molecule has 2 aromatic heterocycles. The van der Waals surface area contributed by atoms with Crippen LogP contribution >= 0.6 is 11.8 Å². The Labute approximate surface area is 188 Å². The number of benzene rings is 1. The second-order valence-electron chi connectivity index (χ2n) is 7.53. The van der Waals surface area contributed by atoms with Crippen molar-refractivity contribution in [2.24, 2.45) is 0 Å². The number of sulfonamides is 1. The molecule has 0 saturated carbocycles. The Bertz CT molecular complexity index is 1140. The SMILES string of the molecule is CCN(CC)S(=O)(=O)c1ccc2nnc(SCCOc3ccc(C(C)C)c(C)c3)n2c1. The van der Waals surface area contributed by atoms with E-state index < -0.39 is 10.0 Å². The van der Waals surface area contributed by atoms with Crippen LogP contribution in [0.5, 0.6) is 5.75 Å². The third-order valence-corrected chi connectivity index (χ3v) is 8.07. The van der Waals surface area contributed by atoms with Crippen molar-refractivity contribution in [2.45, 2.75) is 50.6 Å². The van der Waals surface area contributed by atoms with Crippen molar-refractivity contribution in [1.82, 2.24) is 18.9 Å². The van der Waals surface area contributed by atoms with E-state index in [9.17, 15) is 8.42 Å². The summed E-state index contributed by atoms with van der Waals surface area (Å²) in [6.07, 6.45) is 1.60. The molecule has 3 rings (SSSR count). The molecule has 0 aliphatic rings. The van der Waals surface area contributed by atoms with E-state index in [1.54, 1.807) is 22.7 Å². The first-order chi connectivity index (χ1) is 14.8. The third kappa shape index (κ3) is 5.22. The zero-order valence-corrected chi connectivity index (χ0v) is 20.3. The van der Waals surface area contributed by atoms with E-state index in [1.807, 2.05) is 19.9 Å². The highest BCUT2D eigenvalue weighted by Crippen LogP contribution is 2.24. The first-order valence-corrected chi connectivity index (χ1v) is 12.9. The highest BCUT2D eigenvalue weighted by molar-refractivity contribution is 7.99. The molecular weight excluding hydrogens is 432 g/mol. The Morgan fingerprint density at radius 1 is 1.13 bits per heavy atom. The number of hydrogen-bond acceptors (Lipinski definition) is 6. The Morgan fingerprint density at radius 2 is 1.87 bits per heavy atom. The number of nitrogens with zero attached hydrogens (tertiary/aromatic N) is 4. The summed E-state index contributed by atoms with van der Waals surface area (Å²) >= 11 is 1.48.